The molecule has 4 heteroatoms. The van der Waals surface area contributed by atoms with Crippen LogP contribution < -0.4 is 10.5 Å². The highest BCUT2D eigenvalue weighted by Crippen LogP contribution is 2.44. The van der Waals surface area contributed by atoms with E-state index in [-0.39, 0.29) is 12.5 Å². The standard InChI is InChI=1S/C27H27NO2Si/c1-31(2,3)21-12-8-10-20(18-21)11-9-17-28-27(29)30-19-26-24-15-6-4-13-22(24)23-14-5-7-16-25(23)26/h4-8,10,12-16,18,26H,17,19H2,1-3H3,(H,28,29). The number of ether oxygens (including phenoxy) is 1. The normalized spacial score (nSPS) is 12.4. The Morgan fingerprint density at radius 2 is 1.58 bits per heavy atom. The number of benzene rings is 3. The van der Waals surface area contributed by atoms with Crippen LogP contribution in [0.1, 0.15) is 22.6 Å². The van der Waals surface area contributed by atoms with Crippen molar-refractivity contribution < 1.29 is 9.53 Å². The molecule has 0 spiro atoms. The minimum atomic E-state index is -1.36. The zero-order valence-electron chi connectivity index (χ0n) is 18.2. The molecule has 0 heterocycles. The molecule has 0 radical (unpaired) electrons. The summed E-state index contributed by atoms with van der Waals surface area (Å²) in [5.74, 6) is 6.23. The highest BCUT2D eigenvalue weighted by Gasteiger charge is 2.28. The van der Waals surface area contributed by atoms with E-state index in [1.165, 1.54) is 27.4 Å². The number of carbonyl (C=O) groups excluding carboxylic acids is 1. The first kappa shape index (κ1) is 21.0. The van der Waals surface area contributed by atoms with Crippen molar-refractivity contribution in [2.75, 3.05) is 13.2 Å². The lowest BCUT2D eigenvalue weighted by atomic mass is 9.98. The van der Waals surface area contributed by atoms with E-state index < -0.39 is 14.2 Å². The number of nitrogens with one attached hydrogen (secondary N) is 1. The van der Waals surface area contributed by atoms with E-state index in [1.54, 1.807) is 0 Å². The Kier molecular flexibility index (Phi) is 5.97. The first-order chi connectivity index (χ1) is 14.9. The summed E-state index contributed by atoms with van der Waals surface area (Å²) in [7, 11) is -1.36. The third kappa shape index (κ3) is 4.73. The summed E-state index contributed by atoms with van der Waals surface area (Å²) in [5, 5.41) is 4.12. The number of rotatable bonds is 4. The predicted molar refractivity (Wildman–Crippen MR) is 129 cm³/mol. The fraction of sp³-hybridized carbons (Fsp3) is 0.222. The van der Waals surface area contributed by atoms with Crippen molar-refractivity contribution in [3.63, 3.8) is 0 Å². The van der Waals surface area contributed by atoms with Gasteiger partial charge in [-0.3, -0.25) is 0 Å². The van der Waals surface area contributed by atoms with E-state index in [2.05, 4.69) is 79.3 Å². The minimum absolute atomic E-state index is 0.0635. The van der Waals surface area contributed by atoms with Gasteiger partial charge < -0.3 is 10.1 Å². The second-order valence-electron chi connectivity index (χ2n) is 8.81. The summed E-state index contributed by atoms with van der Waals surface area (Å²) in [6.45, 7) is 7.52. The lowest BCUT2D eigenvalue weighted by Gasteiger charge is -2.16. The molecule has 156 valence electrons. The summed E-state index contributed by atoms with van der Waals surface area (Å²) < 4.78 is 5.54. The van der Waals surface area contributed by atoms with Gasteiger partial charge >= 0.3 is 6.09 Å². The molecule has 1 N–H and O–H groups in total. The Morgan fingerprint density at radius 1 is 0.935 bits per heavy atom. The lowest BCUT2D eigenvalue weighted by Crippen LogP contribution is -2.37. The lowest BCUT2D eigenvalue weighted by molar-refractivity contribution is 0.144. The molecule has 0 bridgehead atoms. The Balaban J connectivity index is 1.34. The summed E-state index contributed by atoms with van der Waals surface area (Å²) in [4.78, 5) is 12.2. The van der Waals surface area contributed by atoms with Crippen molar-refractivity contribution >= 4 is 19.4 Å². The minimum Gasteiger partial charge on any atom is -0.449 e. The largest absolute Gasteiger partial charge is 0.449 e. The molecular weight excluding hydrogens is 398 g/mol. The number of hydrogen-bond acceptors (Lipinski definition) is 2. The van der Waals surface area contributed by atoms with Crippen LogP contribution in [0.25, 0.3) is 11.1 Å². The van der Waals surface area contributed by atoms with Crippen LogP contribution in [-0.4, -0.2) is 27.3 Å². The molecule has 0 aromatic heterocycles. The monoisotopic (exact) mass is 425 g/mol. The molecule has 0 atom stereocenters. The fourth-order valence-electron chi connectivity index (χ4n) is 3.98. The Bertz CT molecular complexity index is 1120. The molecular formula is C27H27NO2Si. The molecule has 4 rings (SSSR count). The molecule has 0 aliphatic heterocycles. The molecule has 0 saturated heterocycles. The van der Waals surface area contributed by atoms with Crippen molar-refractivity contribution in [3.8, 4) is 23.0 Å². The Morgan fingerprint density at radius 3 is 2.23 bits per heavy atom. The summed E-state index contributed by atoms with van der Waals surface area (Å²) in [6, 6.07) is 25.0. The van der Waals surface area contributed by atoms with Gasteiger partial charge in [-0.25, -0.2) is 4.79 Å². The number of fused-ring (bicyclic) bond motifs is 3. The molecule has 3 aromatic carbocycles. The maximum absolute atomic E-state index is 12.2. The van der Waals surface area contributed by atoms with Crippen LogP contribution in [0.5, 0.6) is 0 Å². The second-order valence-corrected chi connectivity index (χ2v) is 13.9. The van der Waals surface area contributed by atoms with E-state index >= 15 is 0 Å². The number of carbonyl (C=O) groups is 1. The van der Waals surface area contributed by atoms with Crippen LogP contribution in [0.2, 0.25) is 19.6 Å². The molecule has 3 aromatic rings. The number of hydrogen-bond donors (Lipinski definition) is 1. The quantitative estimate of drug-likeness (QED) is 0.465. The van der Waals surface area contributed by atoms with E-state index in [0.29, 0.717) is 6.61 Å². The predicted octanol–water partition coefficient (Wildman–Crippen LogP) is 5.12. The van der Waals surface area contributed by atoms with Crippen LogP contribution in [0.3, 0.4) is 0 Å². The van der Waals surface area contributed by atoms with Crippen molar-refractivity contribution in [2.45, 2.75) is 25.6 Å². The summed E-state index contributed by atoms with van der Waals surface area (Å²) in [5.41, 5.74) is 5.84. The van der Waals surface area contributed by atoms with Crippen molar-refractivity contribution in [1.29, 1.82) is 0 Å². The molecule has 1 aliphatic rings. The van der Waals surface area contributed by atoms with Gasteiger partial charge in [0.2, 0.25) is 0 Å². The zero-order valence-corrected chi connectivity index (χ0v) is 19.2. The summed E-state index contributed by atoms with van der Waals surface area (Å²) in [6.07, 6.45) is -0.438. The van der Waals surface area contributed by atoms with Crippen LogP contribution in [0, 0.1) is 11.8 Å². The Hall–Kier alpha value is -3.29. The SMILES string of the molecule is C[Si](C)(C)c1cccc(C#CCNC(=O)OCC2c3ccccc3-c3ccccc32)c1. The van der Waals surface area contributed by atoms with E-state index in [9.17, 15) is 4.79 Å². The van der Waals surface area contributed by atoms with Crippen LogP contribution >= 0.6 is 0 Å². The van der Waals surface area contributed by atoms with Crippen LogP contribution in [0.4, 0.5) is 4.79 Å². The van der Waals surface area contributed by atoms with Gasteiger partial charge in [0.15, 0.2) is 0 Å². The average molecular weight is 426 g/mol. The third-order valence-electron chi connectivity index (χ3n) is 5.63. The number of amides is 1. The molecule has 0 fully saturated rings. The third-order valence-corrected chi connectivity index (χ3v) is 7.67. The van der Waals surface area contributed by atoms with Gasteiger partial charge in [-0.15, -0.1) is 0 Å². The van der Waals surface area contributed by atoms with Crippen LogP contribution in [0.15, 0.2) is 72.8 Å². The molecule has 0 unspecified atom stereocenters. The molecule has 1 amide bonds. The summed E-state index contributed by atoms with van der Waals surface area (Å²) >= 11 is 0. The Labute approximate surface area is 185 Å². The molecule has 0 saturated carbocycles. The first-order valence-electron chi connectivity index (χ1n) is 10.6. The van der Waals surface area contributed by atoms with Gasteiger partial charge in [-0.05, 0) is 34.4 Å². The van der Waals surface area contributed by atoms with Crippen LogP contribution in [-0.2, 0) is 4.74 Å². The molecule has 31 heavy (non-hydrogen) atoms. The topological polar surface area (TPSA) is 38.3 Å². The van der Waals surface area contributed by atoms with E-state index in [1.807, 2.05) is 30.3 Å². The first-order valence-corrected chi connectivity index (χ1v) is 14.1. The van der Waals surface area contributed by atoms with Crippen molar-refractivity contribution in [2.24, 2.45) is 0 Å². The van der Waals surface area contributed by atoms with Gasteiger partial charge in [-0.1, -0.05) is 97.3 Å². The highest BCUT2D eigenvalue weighted by atomic mass is 28.3. The van der Waals surface area contributed by atoms with E-state index in [0.717, 1.165) is 5.56 Å². The van der Waals surface area contributed by atoms with E-state index in [4.69, 9.17) is 4.74 Å². The van der Waals surface area contributed by atoms with Crippen molar-refractivity contribution in [3.05, 3.63) is 89.5 Å². The van der Waals surface area contributed by atoms with Crippen molar-refractivity contribution in [1.82, 2.24) is 5.32 Å². The molecule has 1 aliphatic carbocycles. The number of alkyl carbamates (subject to hydrolysis) is 1. The smallest absolute Gasteiger partial charge is 0.407 e. The zero-order chi connectivity index (χ0) is 21.8. The van der Waals surface area contributed by atoms with Gasteiger partial charge in [0.1, 0.15) is 6.61 Å². The average Bonchev–Trinajstić information content (AvgIpc) is 3.09. The van der Waals surface area contributed by atoms with Gasteiger partial charge in [0, 0.05) is 11.5 Å². The second kappa shape index (κ2) is 8.83. The van der Waals surface area contributed by atoms with Gasteiger partial charge in [0.05, 0.1) is 14.6 Å². The maximum atomic E-state index is 12.2. The molecule has 3 nitrogen and oxygen atoms in total. The highest BCUT2D eigenvalue weighted by molar-refractivity contribution is 6.88. The fourth-order valence-corrected chi connectivity index (χ4v) is 5.16. The van der Waals surface area contributed by atoms with Gasteiger partial charge in [0.25, 0.3) is 0 Å². The maximum Gasteiger partial charge on any atom is 0.407 e. The van der Waals surface area contributed by atoms with Gasteiger partial charge in [-0.2, -0.15) is 0 Å².